The van der Waals surface area contributed by atoms with Crippen LogP contribution >= 0.6 is 0 Å². The van der Waals surface area contributed by atoms with Gasteiger partial charge in [0.25, 0.3) is 0 Å². The van der Waals surface area contributed by atoms with Gasteiger partial charge in [-0.15, -0.1) is 5.46 Å². The van der Waals surface area contributed by atoms with E-state index in [-0.39, 0.29) is 27.6 Å². The minimum Gasteiger partial charge on any atom is -0.509 e. The van der Waals surface area contributed by atoms with Crippen LogP contribution in [0.15, 0.2) is 164 Å². The molecule has 8 radical (unpaired) electrons. The number of hydrogen-bond donors (Lipinski definition) is 1. The van der Waals surface area contributed by atoms with Gasteiger partial charge in [0.15, 0.2) is 11.6 Å². The Morgan fingerprint density at radius 2 is 0.984 bits per heavy atom. The molecule has 282 valence electrons. The van der Waals surface area contributed by atoms with E-state index in [2.05, 4.69) is 39.5 Å². The number of hydrogen-bond acceptors (Lipinski definition) is 4. The second kappa shape index (κ2) is 14.5. The van der Waals surface area contributed by atoms with Gasteiger partial charge >= 0.3 is 0 Å². The molecule has 0 saturated carbocycles. The average Bonchev–Trinajstić information content (AvgIpc) is 3.84. The van der Waals surface area contributed by atoms with E-state index in [1.54, 1.807) is 12.1 Å². The van der Waals surface area contributed by atoms with Gasteiger partial charge in [0.2, 0.25) is 5.95 Å². The van der Waals surface area contributed by atoms with Crippen molar-refractivity contribution in [2.75, 3.05) is 0 Å². The van der Waals surface area contributed by atoms with Gasteiger partial charge in [-0.05, 0) is 52.5 Å². The van der Waals surface area contributed by atoms with E-state index >= 15 is 0 Å². The van der Waals surface area contributed by atoms with Crippen molar-refractivity contribution < 1.29 is 9.50 Å². The van der Waals surface area contributed by atoms with Crippen molar-refractivity contribution in [1.29, 1.82) is 0 Å². The van der Waals surface area contributed by atoms with Gasteiger partial charge < -0.3 is 9.67 Å². The van der Waals surface area contributed by atoms with Crippen molar-refractivity contribution >= 4 is 96.8 Å². The fourth-order valence-corrected chi connectivity index (χ4v) is 8.83. The maximum absolute atomic E-state index is 14.8. The highest BCUT2D eigenvalue weighted by Gasteiger charge is 2.27. The minimum atomic E-state index is -0.403. The molecule has 11 rings (SSSR count). The van der Waals surface area contributed by atoms with Crippen molar-refractivity contribution in [2.45, 2.75) is 0 Å². The summed E-state index contributed by atoms with van der Waals surface area (Å²) in [5, 5.41) is 15.2. The first-order chi connectivity index (χ1) is 30.3. The molecule has 3 heterocycles. The van der Waals surface area contributed by atoms with Crippen molar-refractivity contribution in [2.24, 2.45) is 0 Å². The first-order valence-electron chi connectivity index (χ1n) is 20.0. The monoisotopic (exact) mass is 789 g/mol. The van der Waals surface area contributed by atoms with E-state index in [9.17, 15) is 9.50 Å². The smallest absolute Gasteiger partial charge is 0.238 e. The van der Waals surface area contributed by atoms with Crippen molar-refractivity contribution in [3.63, 3.8) is 0 Å². The van der Waals surface area contributed by atoms with Gasteiger partial charge in [0.1, 0.15) is 43.0 Å². The highest BCUT2D eigenvalue weighted by molar-refractivity contribution is 6.62. The Labute approximate surface area is 361 Å². The summed E-state index contributed by atoms with van der Waals surface area (Å²) in [6.07, 6.45) is 0. The summed E-state index contributed by atoms with van der Waals surface area (Å²) in [7, 11) is 26.5. The number of halogens is 1. The SMILES string of the molecule is [B]c1c([B])c(O)c([B])c(-c2c(-c3ccccc3)cccc2-n2c3ccccc3c3ccc4c5ccccc5n(-c5nc(-c6ccccc6)nc(-c6cccc(F)c6)n5)c4c32)c1[B]. The third kappa shape index (κ3) is 5.72. The second-order valence-electron chi connectivity index (χ2n) is 15.2. The Kier molecular flexibility index (Phi) is 8.75. The zero-order valence-electron chi connectivity index (χ0n) is 33.0. The van der Waals surface area contributed by atoms with E-state index in [1.165, 1.54) is 12.1 Å². The molecule has 0 bridgehead atoms. The van der Waals surface area contributed by atoms with Crippen molar-refractivity contribution in [3.05, 3.63) is 170 Å². The van der Waals surface area contributed by atoms with Crippen LogP contribution in [-0.4, -0.2) is 60.6 Å². The lowest BCUT2D eigenvalue weighted by Crippen LogP contribution is -2.44. The normalized spacial score (nSPS) is 11.6. The fourth-order valence-electron chi connectivity index (χ4n) is 8.83. The van der Waals surface area contributed by atoms with Gasteiger partial charge in [0.05, 0.1) is 27.8 Å². The highest BCUT2D eigenvalue weighted by atomic mass is 19.1. The molecule has 0 spiro atoms. The molecule has 0 unspecified atom stereocenters. The van der Waals surface area contributed by atoms with Gasteiger partial charge in [-0.2, -0.15) is 9.97 Å². The molecular formula is C51H28B4FN5O. The summed E-state index contributed by atoms with van der Waals surface area (Å²) >= 11 is 0. The Hall–Kier alpha value is -7.64. The lowest BCUT2D eigenvalue weighted by Gasteiger charge is -2.25. The van der Waals surface area contributed by atoms with E-state index in [4.69, 9.17) is 46.3 Å². The van der Waals surface area contributed by atoms with Crippen LogP contribution in [-0.2, 0) is 0 Å². The zero-order chi connectivity index (χ0) is 42.2. The molecule has 3 aromatic heterocycles. The lowest BCUT2D eigenvalue weighted by atomic mass is 9.64. The Morgan fingerprint density at radius 1 is 0.435 bits per heavy atom. The molecule has 11 aromatic rings. The van der Waals surface area contributed by atoms with Gasteiger partial charge in [-0.1, -0.05) is 144 Å². The molecule has 6 nitrogen and oxygen atoms in total. The first-order valence-corrected chi connectivity index (χ1v) is 20.0. The fraction of sp³-hybridized carbons (Fsp3) is 0. The number of phenolic OH excluding ortho intramolecular Hbond substituents is 1. The third-order valence-corrected chi connectivity index (χ3v) is 11.7. The van der Waals surface area contributed by atoms with E-state index < -0.39 is 5.82 Å². The zero-order valence-corrected chi connectivity index (χ0v) is 33.0. The lowest BCUT2D eigenvalue weighted by molar-refractivity contribution is 0.484. The third-order valence-electron chi connectivity index (χ3n) is 11.7. The Bertz CT molecular complexity index is 3580. The van der Waals surface area contributed by atoms with Crippen LogP contribution in [0.4, 0.5) is 4.39 Å². The molecule has 0 saturated heterocycles. The summed E-state index contributed by atoms with van der Waals surface area (Å²) in [4.78, 5) is 15.2. The number of benzene rings is 8. The van der Waals surface area contributed by atoms with E-state index in [0.717, 1.165) is 60.3 Å². The maximum Gasteiger partial charge on any atom is 0.238 e. The van der Waals surface area contributed by atoms with Crippen LogP contribution in [0.5, 0.6) is 5.75 Å². The van der Waals surface area contributed by atoms with Crippen LogP contribution in [0.1, 0.15) is 0 Å². The molecule has 8 aromatic carbocycles. The largest absolute Gasteiger partial charge is 0.509 e. The Morgan fingerprint density at radius 3 is 1.65 bits per heavy atom. The van der Waals surface area contributed by atoms with Gasteiger partial charge in [0, 0.05) is 38.2 Å². The molecular weight excluding hydrogens is 761 g/mol. The Balaban J connectivity index is 1.34. The molecule has 0 aliphatic rings. The molecule has 0 amide bonds. The number of aromatic hydroxyl groups is 1. The minimum absolute atomic E-state index is 0.00219. The topological polar surface area (TPSA) is 68.8 Å². The summed E-state index contributed by atoms with van der Waals surface area (Å²) < 4.78 is 19.1. The molecule has 1 N–H and O–H groups in total. The quantitative estimate of drug-likeness (QED) is 0.175. The van der Waals surface area contributed by atoms with E-state index in [0.29, 0.717) is 40.0 Å². The van der Waals surface area contributed by atoms with Gasteiger partial charge in [-0.3, -0.25) is 4.57 Å². The van der Waals surface area contributed by atoms with Crippen LogP contribution in [0.2, 0.25) is 0 Å². The van der Waals surface area contributed by atoms with Crippen LogP contribution in [0.25, 0.3) is 100 Å². The van der Waals surface area contributed by atoms with Crippen LogP contribution in [0, 0.1) is 5.82 Å². The molecule has 0 aliphatic carbocycles. The van der Waals surface area contributed by atoms with Crippen LogP contribution in [0.3, 0.4) is 0 Å². The number of nitrogens with zero attached hydrogens (tertiary/aromatic N) is 5. The summed E-state index contributed by atoms with van der Waals surface area (Å²) in [5.41, 5.74) is 8.16. The van der Waals surface area contributed by atoms with Crippen LogP contribution < -0.4 is 21.9 Å². The average molecular weight is 789 g/mol. The number of phenols is 1. The predicted octanol–water partition coefficient (Wildman–Crippen LogP) is 7.75. The molecule has 0 aliphatic heterocycles. The first kappa shape index (κ1) is 37.4. The summed E-state index contributed by atoms with van der Waals surface area (Å²) in [6.45, 7) is 0. The maximum atomic E-state index is 14.8. The molecule has 11 heteroatoms. The summed E-state index contributed by atoms with van der Waals surface area (Å²) in [6, 6.07) is 52.5. The molecule has 62 heavy (non-hydrogen) atoms. The standard InChI is InChI=1S/C51H28B4FN5O/c52-42-41(43(53)48(62)45(55)44(42)54)40-32(28-13-3-1-4-14-28)21-12-24-39(40)60-37-22-9-7-19-33(37)35-25-26-36-34-20-8-10-23-38(34)61(47(36)46(35)60)51-58-49(29-15-5-2-6-16-29)57-50(59-51)30-17-11-18-31(56)27-30/h1-27,62H. The van der Waals surface area contributed by atoms with E-state index in [1.807, 2.05) is 109 Å². The number of fused-ring (bicyclic) bond motifs is 7. The summed E-state index contributed by atoms with van der Waals surface area (Å²) in [5.74, 6) is 0.342. The second-order valence-corrected chi connectivity index (χ2v) is 15.2. The molecule has 0 fully saturated rings. The predicted molar refractivity (Wildman–Crippen MR) is 253 cm³/mol. The van der Waals surface area contributed by atoms with Gasteiger partial charge in [-0.25, -0.2) is 9.37 Å². The highest BCUT2D eigenvalue weighted by Crippen LogP contribution is 2.44. The number of para-hydroxylation sites is 2. The van der Waals surface area contributed by atoms with Crippen molar-refractivity contribution in [3.8, 4) is 62.4 Å². The van der Waals surface area contributed by atoms with Crippen molar-refractivity contribution in [1.82, 2.24) is 24.1 Å². The molecule has 0 atom stereocenters. The number of aromatic nitrogens is 5. The number of rotatable bonds is 6.